The number of hydrogen-bond acceptors (Lipinski definition) is 4. The number of pyridine rings is 2. The molecule has 0 aliphatic rings. The lowest BCUT2D eigenvalue weighted by molar-refractivity contribution is 0.601. The first-order valence-corrected chi connectivity index (χ1v) is 7.87. The van der Waals surface area contributed by atoms with Gasteiger partial charge in [-0.15, -0.1) is 0 Å². The van der Waals surface area contributed by atoms with Crippen molar-refractivity contribution in [2.45, 2.75) is 4.90 Å². The highest BCUT2D eigenvalue weighted by atomic mass is 79.9. The molecule has 0 spiro atoms. The van der Waals surface area contributed by atoms with Gasteiger partial charge in [0.25, 0.3) is 10.0 Å². The summed E-state index contributed by atoms with van der Waals surface area (Å²) in [5.41, 5.74) is 0.149. The standard InChI is InChI=1S/C10H6BrCl2N3O2S/c11-6-3-8(10(13)15-4-6)16-19(17,18)9-5-14-2-1-7(9)12/h1-5,16H. The monoisotopic (exact) mass is 381 g/mol. The van der Waals surface area contributed by atoms with E-state index in [1.165, 1.54) is 24.5 Å². The molecule has 0 radical (unpaired) electrons. The van der Waals surface area contributed by atoms with Crippen LogP contribution in [0, 0.1) is 0 Å². The van der Waals surface area contributed by atoms with Gasteiger partial charge in [-0.1, -0.05) is 23.2 Å². The van der Waals surface area contributed by atoms with Crippen LogP contribution in [-0.4, -0.2) is 18.4 Å². The predicted octanol–water partition coefficient (Wildman–Crippen LogP) is 3.35. The molecule has 0 bridgehead atoms. The molecule has 19 heavy (non-hydrogen) atoms. The Balaban J connectivity index is 2.43. The molecule has 0 atom stereocenters. The number of anilines is 1. The maximum atomic E-state index is 12.1. The maximum Gasteiger partial charge on any atom is 0.265 e. The molecule has 100 valence electrons. The molecule has 2 heterocycles. The zero-order valence-corrected chi connectivity index (χ0v) is 13.1. The zero-order valence-electron chi connectivity index (χ0n) is 9.14. The minimum absolute atomic E-state index is 0.0341. The average Bonchev–Trinajstić information content (AvgIpc) is 2.34. The summed E-state index contributed by atoms with van der Waals surface area (Å²) in [6.45, 7) is 0. The molecular formula is C10H6BrCl2N3O2S. The van der Waals surface area contributed by atoms with Crippen LogP contribution in [0.1, 0.15) is 0 Å². The first-order chi connectivity index (χ1) is 8.90. The molecule has 0 saturated carbocycles. The van der Waals surface area contributed by atoms with Crippen LogP contribution in [-0.2, 0) is 10.0 Å². The van der Waals surface area contributed by atoms with Crippen LogP contribution in [0.2, 0.25) is 10.2 Å². The van der Waals surface area contributed by atoms with Gasteiger partial charge in [-0.2, -0.15) is 0 Å². The van der Waals surface area contributed by atoms with Gasteiger partial charge in [0.2, 0.25) is 0 Å². The third kappa shape index (κ3) is 3.36. The van der Waals surface area contributed by atoms with E-state index in [-0.39, 0.29) is 20.8 Å². The van der Waals surface area contributed by atoms with Crippen molar-refractivity contribution >= 4 is 54.8 Å². The second-order valence-electron chi connectivity index (χ2n) is 3.40. The SMILES string of the molecule is O=S(=O)(Nc1cc(Br)cnc1Cl)c1cnccc1Cl. The van der Waals surface area contributed by atoms with Gasteiger partial charge in [-0.3, -0.25) is 9.71 Å². The maximum absolute atomic E-state index is 12.1. The van der Waals surface area contributed by atoms with Gasteiger partial charge in [0.05, 0.1) is 10.7 Å². The fourth-order valence-corrected chi connectivity index (χ4v) is 3.28. The second kappa shape index (κ2) is 5.62. The van der Waals surface area contributed by atoms with Crippen molar-refractivity contribution in [3.8, 4) is 0 Å². The molecule has 9 heteroatoms. The lowest BCUT2D eigenvalue weighted by Crippen LogP contribution is -2.14. The second-order valence-corrected chi connectivity index (χ2v) is 6.74. The fraction of sp³-hybridized carbons (Fsp3) is 0. The summed E-state index contributed by atoms with van der Waals surface area (Å²) in [7, 11) is -3.87. The summed E-state index contributed by atoms with van der Waals surface area (Å²) in [5, 5.41) is 0.105. The summed E-state index contributed by atoms with van der Waals surface area (Å²) in [4.78, 5) is 7.42. The van der Waals surface area contributed by atoms with Crippen LogP contribution < -0.4 is 4.72 Å². The van der Waals surface area contributed by atoms with E-state index < -0.39 is 10.0 Å². The van der Waals surface area contributed by atoms with Crippen molar-refractivity contribution in [2.24, 2.45) is 0 Å². The smallest absolute Gasteiger partial charge is 0.265 e. The van der Waals surface area contributed by atoms with Gasteiger partial charge in [-0.25, -0.2) is 13.4 Å². The normalized spacial score (nSPS) is 11.3. The molecule has 0 aliphatic heterocycles. The summed E-state index contributed by atoms with van der Waals surface area (Å²) in [5.74, 6) is 0. The highest BCUT2D eigenvalue weighted by molar-refractivity contribution is 9.10. The average molecular weight is 383 g/mol. The largest absolute Gasteiger partial charge is 0.276 e. The number of halogens is 3. The molecule has 0 aromatic carbocycles. The minimum Gasteiger partial charge on any atom is -0.276 e. The van der Waals surface area contributed by atoms with E-state index in [2.05, 4.69) is 30.6 Å². The van der Waals surface area contributed by atoms with Crippen molar-refractivity contribution in [1.82, 2.24) is 9.97 Å². The molecular weight excluding hydrogens is 377 g/mol. The molecule has 2 aromatic heterocycles. The Morgan fingerprint density at radius 1 is 1.26 bits per heavy atom. The van der Waals surface area contributed by atoms with Crippen molar-refractivity contribution in [1.29, 1.82) is 0 Å². The van der Waals surface area contributed by atoms with Crippen LogP contribution in [0.15, 0.2) is 40.1 Å². The number of aromatic nitrogens is 2. The third-order valence-corrected chi connectivity index (χ3v) is 4.64. The van der Waals surface area contributed by atoms with Gasteiger partial charge in [-0.05, 0) is 28.1 Å². The van der Waals surface area contributed by atoms with E-state index in [1.54, 1.807) is 0 Å². The van der Waals surface area contributed by atoms with E-state index in [1.807, 2.05) is 0 Å². The Kier molecular flexibility index (Phi) is 4.29. The molecule has 0 amide bonds. The predicted molar refractivity (Wildman–Crippen MR) is 77.0 cm³/mol. The topological polar surface area (TPSA) is 72.0 Å². The van der Waals surface area contributed by atoms with Crippen LogP contribution in [0.4, 0.5) is 5.69 Å². The third-order valence-electron chi connectivity index (χ3n) is 2.07. The molecule has 2 rings (SSSR count). The van der Waals surface area contributed by atoms with Gasteiger partial charge < -0.3 is 0 Å². The molecule has 0 aliphatic carbocycles. The Morgan fingerprint density at radius 2 is 2.00 bits per heavy atom. The summed E-state index contributed by atoms with van der Waals surface area (Å²) < 4.78 is 27.2. The van der Waals surface area contributed by atoms with E-state index in [0.29, 0.717) is 4.47 Å². The van der Waals surface area contributed by atoms with Crippen molar-refractivity contribution in [2.75, 3.05) is 4.72 Å². The van der Waals surface area contributed by atoms with E-state index >= 15 is 0 Å². The van der Waals surface area contributed by atoms with Crippen LogP contribution in [0.25, 0.3) is 0 Å². The van der Waals surface area contributed by atoms with Gasteiger partial charge in [0, 0.05) is 23.1 Å². The van der Waals surface area contributed by atoms with Crippen LogP contribution in [0.5, 0.6) is 0 Å². The lowest BCUT2D eigenvalue weighted by atomic mass is 10.4. The number of nitrogens with one attached hydrogen (secondary N) is 1. The first kappa shape index (κ1) is 14.5. The van der Waals surface area contributed by atoms with Crippen LogP contribution in [0.3, 0.4) is 0 Å². The molecule has 0 saturated heterocycles. The van der Waals surface area contributed by atoms with Crippen molar-refractivity contribution in [3.63, 3.8) is 0 Å². The molecule has 0 unspecified atom stereocenters. The number of sulfonamides is 1. The Morgan fingerprint density at radius 3 is 2.68 bits per heavy atom. The Bertz CT molecular complexity index is 724. The zero-order chi connectivity index (χ0) is 14.0. The van der Waals surface area contributed by atoms with E-state index in [4.69, 9.17) is 23.2 Å². The summed E-state index contributed by atoms with van der Waals surface area (Å²) >= 11 is 14.8. The number of nitrogens with zero attached hydrogens (tertiary/aromatic N) is 2. The summed E-state index contributed by atoms with van der Waals surface area (Å²) in [6.07, 6.45) is 4.01. The molecule has 0 fully saturated rings. The highest BCUT2D eigenvalue weighted by Crippen LogP contribution is 2.27. The molecule has 2 aromatic rings. The van der Waals surface area contributed by atoms with Crippen molar-refractivity contribution in [3.05, 3.63) is 45.4 Å². The van der Waals surface area contributed by atoms with E-state index in [9.17, 15) is 8.42 Å². The highest BCUT2D eigenvalue weighted by Gasteiger charge is 2.19. The van der Waals surface area contributed by atoms with Gasteiger partial charge >= 0.3 is 0 Å². The van der Waals surface area contributed by atoms with E-state index in [0.717, 1.165) is 6.20 Å². The molecule has 1 N–H and O–H groups in total. The Labute approximate surface area is 128 Å². The van der Waals surface area contributed by atoms with Gasteiger partial charge in [0.1, 0.15) is 4.90 Å². The minimum atomic E-state index is -3.87. The summed E-state index contributed by atoms with van der Waals surface area (Å²) in [6, 6.07) is 2.88. The van der Waals surface area contributed by atoms with Gasteiger partial charge in [0.15, 0.2) is 5.15 Å². The fourth-order valence-electron chi connectivity index (χ4n) is 1.25. The van der Waals surface area contributed by atoms with Crippen LogP contribution >= 0.6 is 39.1 Å². The number of hydrogen-bond donors (Lipinski definition) is 1. The lowest BCUT2D eigenvalue weighted by Gasteiger charge is -2.10. The molecule has 5 nitrogen and oxygen atoms in total. The Hall–Kier alpha value is -0.890. The quantitative estimate of drug-likeness (QED) is 0.826. The van der Waals surface area contributed by atoms with Crippen molar-refractivity contribution < 1.29 is 8.42 Å². The first-order valence-electron chi connectivity index (χ1n) is 4.83. The number of rotatable bonds is 3.